The number of nitrogens with zero attached hydrogens (tertiary/aromatic N) is 1. The van der Waals surface area contributed by atoms with Crippen molar-refractivity contribution in [2.45, 2.75) is 37.9 Å². The summed E-state index contributed by atoms with van der Waals surface area (Å²) in [4.78, 5) is 18.5. The van der Waals surface area contributed by atoms with Crippen molar-refractivity contribution in [3.05, 3.63) is 71.4 Å². The average molecular weight is 360 g/mol. The number of rotatable bonds is 3. The van der Waals surface area contributed by atoms with E-state index in [9.17, 15) is 4.79 Å². The van der Waals surface area contributed by atoms with Crippen molar-refractivity contribution >= 4 is 16.9 Å². The van der Waals surface area contributed by atoms with Gasteiger partial charge >= 0.3 is 5.97 Å². The highest BCUT2D eigenvalue weighted by Gasteiger charge is 2.47. The summed E-state index contributed by atoms with van der Waals surface area (Å²) in [5.41, 5.74) is 5.24. The van der Waals surface area contributed by atoms with Crippen LogP contribution in [0.5, 0.6) is 0 Å². The van der Waals surface area contributed by atoms with Crippen LogP contribution in [0.2, 0.25) is 0 Å². The van der Waals surface area contributed by atoms with Gasteiger partial charge in [-0.05, 0) is 36.0 Å². The van der Waals surface area contributed by atoms with E-state index in [1.807, 2.05) is 6.07 Å². The molecule has 0 bridgehead atoms. The van der Waals surface area contributed by atoms with E-state index in [2.05, 4.69) is 58.4 Å². The molecule has 5 rings (SSSR count). The predicted molar refractivity (Wildman–Crippen MR) is 105 cm³/mol. The monoisotopic (exact) mass is 360 g/mol. The van der Waals surface area contributed by atoms with E-state index in [-0.39, 0.29) is 12.0 Å². The van der Waals surface area contributed by atoms with Gasteiger partial charge in [0, 0.05) is 35.6 Å². The largest absolute Gasteiger partial charge is 0.468 e. The van der Waals surface area contributed by atoms with E-state index in [1.165, 1.54) is 34.8 Å². The number of aromatic amines is 1. The van der Waals surface area contributed by atoms with Crippen molar-refractivity contribution in [1.29, 1.82) is 0 Å². The zero-order valence-electron chi connectivity index (χ0n) is 15.5. The second-order valence-electron chi connectivity index (χ2n) is 7.80. The maximum Gasteiger partial charge on any atom is 0.323 e. The van der Waals surface area contributed by atoms with Crippen LogP contribution in [0.15, 0.2) is 54.6 Å². The lowest BCUT2D eigenvalue weighted by Crippen LogP contribution is -2.43. The number of hydrogen-bond acceptors (Lipinski definition) is 3. The number of carbonyl (C=O) groups excluding carboxylic acids is 1. The smallest absolute Gasteiger partial charge is 0.323 e. The molecule has 2 aliphatic rings. The molecule has 0 saturated carbocycles. The number of methoxy groups -OCH3 is 1. The van der Waals surface area contributed by atoms with Crippen LogP contribution in [0.1, 0.15) is 23.2 Å². The lowest BCUT2D eigenvalue weighted by atomic mass is 9.82. The standard InChI is InChI=1S/C23H24N2O2/c1-27-23(26)22-12-16-11-18-17-9-5-6-10-19(17)24-20(18)13-21(16)25(22)14-15-7-3-2-4-8-15/h2-10,16,21-22,24H,11-14H2,1H3/t16-,21+,22-/m0/s1. The lowest BCUT2D eigenvalue weighted by Gasteiger charge is -2.33. The van der Waals surface area contributed by atoms with Gasteiger partial charge in [0.05, 0.1) is 7.11 Å². The number of nitrogens with one attached hydrogen (secondary N) is 1. The first-order chi connectivity index (χ1) is 13.2. The van der Waals surface area contributed by atoms with Gasteiger partial charge in [0.15, 0.2) is 0 Å². The van der Waals surface area contributed by atoms with Gasteiger partial charge in [-0.3, -0.25) is 9.69 Å². The Morgan fingerprint density at radius 2 is 1.89 bits per heavy atom. The number of hydrogen-bond donors (Lipinski definition) is 1. The number of aromatic nitrogens is 1. The number of benzene rings is 2. The molecule has 1 aromatic heterocycles. The molecule has 4 nitrogen and oxygen atoms in total. The Morgan fingerprint density at radius 3 is 2.70 bits per heavy atom. The fourth-order valence-electron chi connectivity index (χ4n) is 5.11. The highest BCUT2D eigenvalue weighted by atomic mass is 16.5. The van der Waals surface area contributed by atoms with Gasteiger partial charge in [0.25, 0.3) is 0 Å². The fraction of sp³-hybridized carbons (Fsp3) is 0.348. The molecular weight excluding hydrogens is 336 g/mol. The molecular formula is C23H24N2O2. The molecule has 2 aromatic carbocycles. The van der Waals surface area contributed by atoms with Gasteiger partial charge in [-0.15, -0.1) is 0 Å². The molecule has 2 heterocycles. The molecule has 138 valence electrons. The van der Waals surface area contributed by atoms with Gasteiger partial charge in [-0.2, -0.15) is 0 Å². The summed E-state index contributed by atoms with van der Waals surface area (Å²) in [7, 11) is 1.50. The number of likely N-dealkylation sites (tertiary alicyclic amines) is 1. The molecule has 4 heteroatoms. The molecule has 0 amide bonds. The summed E-state index contributed by atoms with van der Waals surface area (Å²) in [6, 6.07) is 19.2. The molecule has 1 N–H and O–H groups in total. The minimum Gasteiger partial charge on any atom is -0.468 e. The van der Waals surface area contributed by atoms with E-state index in [1.54, 1.807) is 0 Å². The maximum absolute atomic E-state index is 12.5. The van der Waals surface area contributed by atoms with Gasteiger partial charge in [0.2, 0.25) is 0 Å². The third kappa shape index (κ3) is 2.76. The van der Waals surface area contributed by atoms with Crippen molar-refractivity contribution in [2.24, 2.45) is 5.92 Å². The second-order valence-corrected chi connectivity index (χ2v) is 7.80. The zero-order chi connectivity index (χ0) is 18.4. The van der Waals surface area contributed by atoms with Crippen molar-refractivity contribution in [2.75, 3.05) is 7.11 Å². The normalized spacial score (nSPS) is 24.6. The summed E-state index contributed by atoms with van der Waals surface area (Å²) in [5, 5.41) is 1.34. The summed E-state index contributed by atoms with van der Waals surface area (Å²) < 4.78 is 5.15. The van der Waals surface area contributed by atoms with Crippen LogP contribution in [-0.4, -0.2) is 35.0 Å². The van der Waals surface area contributed by atoms with Crippen LogP contribution < -0.4 is 0 Å². The molecule has 0 radical (unpaired) electrons. The van der Waals surface area contributed by atoms with Crippen molar-refractivity contribution in [3.63, 3.8) is 0 Å². The molecule has 0 spiro atoms. The number of esters is 1. The van der Waals surface area contributed by atoms with Crippen LogP contribution in [0.25, 0.3) is 10.9 Å². The highest BCUT2D eigenvalue weighted by Crippen LogP contribution is 2.42. The van der Waals surface area contributed by atoms with Crippen LogP contribution in [0.3, 0.4) is 0 Å². The number of ether oxygens (including phenoxy) is 1. The molecule has 3 aromatic rings. The van der Waals surface area contributed by atoms with E-state index < -0.39 is 0 Å². The first-order valence-electron chi connectivity index (χ1n) is 9.70. The van der Waals surface area contributed by atoms with Crippen molar-refractivity contribution < 1.29 is 9.53 Å². The van der Waals surface area contributed by atoms with E-state index >= 15 is 0 Å². The van der Waals surface area contributed by atoms with Crippen LogP contribution >= 0.6 is 0 Å². The third-order valence-electron chi connectivity index (χ3n) is 6.36. The molecule has 3 atom stereocenters. The summed E-state index contributed by atoms with van der Waals surface area (Å²) in [6.45, 7) is 0.789. The van der Waals surface area contributed by atoms with Gasteiger partial charge in [-0.1, -0.05) is 48.5 Å². The van der Waals surface area contributed by atoms with Gasteiger partial charge in [0.1, 0.15) is 6.04 Å². The maximum atomic E-state index is 12.5. The Kier molecular flexibility index (Phi) is 4.01. The Morgan fingerprint density at radius 1 is 1.11 bits per heavy atom. The van der Waals surface area contributed by atoms with Gasteiger partial charge < -0.3 is 9.72 Å². The predicted octanol–water partition coefficient (Wildman–Crippen LogP) is 3.70. The fourth-order valence-corrected chi connectivity index (χ4v) is 5.11. The number of fused-ring (bicyclic) bond motifs is 4. The Bertz CT molecular complexity index is 978. The van der Waals surface area contributed by atoms with Crippen molar-refractivity contribution in [1.82, 2.24) is 9.88 Å². The van der Waals surface area contributed by atoms with E-state index in [0.29, 0.717) is 12.0 Å². The zero-order valence-corrected chi connectivity index (χ0v) is 15.5. The molecule has 1 aliphatic heterocycles. The summed E-state index contributed by atoms with van der Waals surface area (Å²) >= 11 is 0. The first kappa shape index (κ1) is 16.6. The number of carbonyl (C=O) groups is 1. The Labute approximate surface area is 159 Å². The van der Waals surface area contributed by atoms with Crippen LogP contribution in [-0.2, 0) is 28.9 Å². The van der Waals surface area contributed by atoms with E-state index in [4.69, 9.17) is 4.74 Å². The van der Waals surface area contributed by atoms with E-state index in [0.717, 1.165) is 25.8 Å². The average Bonchev–Trinajstić information content (AvgIpc) is 3.24. The van der Waals surface area contributed by atoms with Gasteiger partial charge in [-0.25, -0.2) is 0 Å². The summed E-state index contributed by atoms with van der Waals surface area (Å²) in [6.07, 6.45) is 2.88. The van der Waals surface area contributed by atoms with Crippen LogP contribution in [0, 0.1) is 5.92 Å². The lowest BCUT2D eigenvalue weighted by molar-refractivity contribution is -0.146. The summed E-state index contributed by atoms with van der Waals surface area (Å²) in [5.74, 6) is 0.387. The first-order valence-corrected chi connectivity index (χ1v) is 9.70. The quantitative estimate of drug-likeness (QED) is 0.725. The third-order valence-corrected chi connectivity index (χ3v) is 6.36. The highest BCUT2D eigenvalue weighted by molar-refractivity contribution is 5.85. The van der Waals surface area contributed by atoms with Crippen molar-refractivity contribution in [3.8, 4) is 0 Å². The molecule has 1 fully saturated rings. The number of para-hydroxylation sites is 1. The minimum atomic E-state index is -0.152. The topological polar surface area (TPSA) is 45.3 Å². The second kappa shape index (κ2) is 6.54. The molecule has 27 heavy (non-hydrogen) atoms. The molecule has 0 unspecified atom stereocenters. The molecule has 1 aliphatic carbocycles. The number of H-pyrrole nitrogens is 1. The SMILES string of the molecule is COC(=O)[C@@H]1C[C@@H]2Cc3c([nH]c4ccccc34)C[C@H]2N1Cc1ccccc1. The minimum absolute atomic E-state index is 0.103. The Hall–Kier alpha value is -2.59. The molecule has 1 saturated heterocycles. The Balaban J connectivity index is 1.50. The van der Waals surface area contributed by atoms with Crippen LogP contribution in [0.4, 0.5) is 0 Å².